The van der Waals surface area contributed by atoms with Gasteiger partial charge in [-0.1, -0.05) is 0 Å². The molecule has 4 atom stereocenters. The summed E-state index contributed by atoms with van der Waals surface area (Å²) in [5.74, 6) is 3.87. The zero-order valence-electron chi connectivity index (χ0n) is 12.6. The van der Waals surface area contributed by atoms with E-state index >= 15 is 0 Å². The molecule has 2 fully saturated rings. The molecule has 2 aliphatic rings. The summed E-state index contributed by atoms with van der Waals surface area (Å²) in [5, 5.41) is 0. The molecule has 2 aliphatic carbocycles. The molecule has 2 saturated carbocycles. The third kappa shape index (κ3) is 2.43. The number of methoxy groups -OCH3 is 1. The van der Waals surface area contributed by atoms with E-state index in [1.54, 1.807) is 12.7 Å². The number of hydrogen-bond acceptors (Lipinski definition) is 1. The molecule has 3 rings (SSSR count). The second kappa shape index (κ2) is 4.98. The molecule has 0 aromatic heterocycles. The van der Waals surface area contributed by atoms with Crippen LogP contribution >= 0.6 is 0 Å². The molecule has 2 heteroatoms. The summed E-state index contributed by atoms with van der Waals surface area (Å²) < 4.78 is 6.36. The predicted molar refractivity (Wildman–Crippen MR) is 83.7 cm³/mol. The fourth-order valence-corrected chi connectivity index (χ4v) is 14.1. The summed E-state index contributed by atoms with van der Waals surface area (Å²) in [7, 11) is 1.75. The topological polar surface area (TPSA) is 9.23 Å². The summed E-state index contributed by atoms with van der Waals surface area (Å²) in [6, 6.07) is 8.96. The van der Waals surface area contributed by atoms with Gasteiger partial charge in [0.1, 0.15) is 0 Å². The van der Waals surface area contributed by atoms with Crippen molar-refractivity contribution in [3.8, 4) is 5.75 Å². The van der Waals surface area contributed by atoms with Gasteiger partial charge >= 0.3 is 122 Å². The summed E-state index contributed by atoms with van der Waals surface area (Å²) in [5.41, 5.74) is 1.59. The van der Waals surface area contributed by atoms with E-state index in [9.17, 15) is 0 Å². The first-order valence-electron chi connectivity index (χ1n) is 7.64. The van der Waals surface area contributed by atoms with E-state index in [1.807, 2.05) is 0 Å². The molecular weight excluding hydrogens is 339 g/mol. The Bertz CT molecular complexity index is 445. The van der Waals surface area contributed by atoms with Crippen molar-refractivity contribution < 1.29 is 4.74 Å². The van der Waals surface area contributed by atoms with Gasteiger partial charge < -0.3 is 0 Å². The number of rotatable bonds is 3. The van der Waals surface area contributed by atoms with E-state index < -0.39 is 18.4 Å². The number of fused-ring (bicyclic) bond motifs is 2. The van der Waals surface area contributed by atoms with E-state index in [2.05, 4.69) is 39.1 Å². The van der Waals surface area contributed by atoms with Crippen LogP contribution < -0.4 is 4.74 Å². The zero-order chi connectivity index (χ0) is 13.6. The van der Waals surface area contributed by atoms with Crippen molar-refractivity contribution in [3.63, 3.8) is 0 Å². The first kappa shape index (κ1) is 13.8. The standard InChI is InChI=1S/C14H17O.3CH3.Sn/c1-15-13-6-4-11(5-7-13)14-9-10-2-3-12(14)8-10;;;;/h4-7,9-10,12,14H,2-3,8H2,1H3;3*1H3;/t10-,12+,14-;;;;/m1..../s1. The molecule has 0 unspecified atom stereocenters. The van der Waals surface area contributed by atoms with Crippen LogP contribution in [0.2, 0.25) is 18.8 Å². The molecule has 0 N–H and O–H groups in total. The summed E-state index contributed by atoms with van der Waals surface area (Å²) in [4.78, 5) is 7.91. The molecule has 0 amide bonds. The van der Waals surface area contributed by atoms with Crippen molar-refractivity contribution in [2.24, 2.45) is 11.8 Å². The summed E-state index contributed by atoms with van der Waals surface area (Å²) in [6.07, 6.45) is 4.49. The van der Waals surface area contributed by atoms with Crippen LogP contribution in [-0.4, -0.2) is 25.5 Å². The van der Waals surface area contributed by atoms with Crippen molar-refractivity contribution >= 4 is 18.4 Å². The number of benzene rings is 1. The van der Waals surface area contributed by atoms with Gasteiger partial charge in [0.05, 0.1) is 0 Å². The molecule has 0 saturated heterocycles. The Morgan fingerprint density at radius 1 is 1.00 bits per heavy atom. The summed E-state index contributed by atoms with van der Waals surface area (Å²) in [6.45, 7) is 0. The minimum atomic E-state index is -1.84. The van der Waals surface area contributed by atoms with Crippen LogP contribution in [0.3, 0.4) is 0 Å². The van der Waals surface area contributed by atoms with Crippen LogP contribution in [0.15, 0.2) is 24.3 Å². The molecule has 0 heterocycles. The third-order valence-corrected chi connectivity index (χ3v) is 13.5. The maximum atomic E-state index is 5.30. The van der Waals surface area contributed by atoms with Crippen molar-refractivity contribution in [2.45, 2.75) is 43.9 Å². The van der Waals surface area contributed by atoms with Gasteiger partial charge in [-0.25, -0.2) is 0 Å². The first-order valence-corrected chi connectivity index (χ1v) is 17.9. The van der Waals surface area contributed by atoms with Crippen molar-refractivity contribution in [3.05, 3.63) is 29.8 Å². The molecule has 0 aliphatic heterocycles. The van der Waals surface area contributed by atoms with Gasteiger partial charge in [0, 0.05) is 0 Å². The molecule has 1 aromatic rings. The third-order valence-electron chi connectivity index (χ3n) is 5.42. The average Bonchev–Trinajstić information content (AvgIpc) is 2.98. The second-order valence-electron chi connectivity index (χ2n) is 7.52. The van der Waals surface area contributed by atoms with Crippen LogP contribution in [0.1, 0.15) is 30.7 Å². The van der Waals surface area contributed by atoms with Gasteiger partial charge in [-0.2, -0.15) is 0 Å². The van der Waals surface area contributed by atoms with Crippen LogP contribution in [0.4, 0.5) is 0 Å². The first-order chi connectivity index (χ1) is 9.00. The molecule has 2 bridgehead atoms. The molecule has 1 aromatic carbocycles. The Labute approximate surface area is 121 Å². The molecule has 0 radical (unpaired) electrons. The van der Waals surface area contributed by atoms with Crippen LogP contribution in [0.25, 0.3) is 0 Å². The Morgan fingerprint density at radius 3 is 2.21 bits per heavy atom. The van der Waals surface area contributed by atoms with Crippen molar-refractivity contribution in [2.75, 3.05) is 7.11 Å². The average molecular weight is 365 g/mol. The van der Waals surface area contributed by atoms with E-state index in [-0.39, 0.29) is 0 Å². The van der Waals surface area contributed by atoms with Crippen LogP contribution in [-0.2, 0) is 0 Å². The minimum absolute atomic E-state index is 0.862. The van der Waals surface area contributed by atoms with Crippen molar-refractivity contribution in [1.82, 2.24) is 0 Å². The molecule has 1 nitrogen and oxygen atoms in total. The van der Waals surface area contributed by atoms with Gasteiger partial charge in [0.25, 0.3) is 0 Å². The SMILES string of the molecule is COc1ccc([C@@H]2[C@H]3CC[C@H](C3)[C@@H]2[Sn]([CH3])([CH3])[CH3])cc1. The normalized spacial score (nSPS) is 33.7. The van der Waals surface area contributed by atoms with E-state index in [0.717, 1.165) is 27.4 Å². The molecule has 0 spiro atoms. The Balaban J connectivity index is 1.92. The van der Waals surface area contributed by atoms with E-state index in [0.29, 0.717) is 0 Å². The Kier molecular flexibility index (Phi) is 3.61. The molecule has 19 heavy (non-hydrogen) atoms. The van der Waals surface area contributed by atoms with E-state index in [1.165, 1.54) is 19.3 Å². The molecule has 104 valence electrons. The second-order valence-corrected chi connectivity index (χ2v) is 22.9. The fourth-order valence-electron chi connectivity index (χ4n) is 4.84. The van der Waals surface area contributed by atoms with Gasteiger partial charge in [-0.3, -0.25) is 0 Å². The quantitative estimate of drug-likeness (QED) is 0.692. The zero-order valence-corrected chi connectivity index (χ0v) is 15.5. The van der Waals surface area contributed by atoms with Crippen LogP contribution in [0.5, 0.6) is 5.75 Å². The monoisotopic (exact) mass is 366 g/mol. The Hall–Kier alpha value is -0.181. The Morgan fingerprint density at radius 2 is 1.63 bits per heavy atom. The van der Waals surface area contributed by atoms with Gasteiger partial charge in [-0.05, 0) is 0 Å². The van der Waals surface area contributed by atoms with Gasteiger partial charge in [0.2, 0.25) is 0 Å². The number of hydrogen-bond donors (Lipinski definition) is 0. The van der Waals surface area contributed by atoms with Crippen LogP contribution in [0, 0.1) is 11.8 Å². The maximum absolute atomic E-state index is 5.30. The van der Waals surface area contributed by atoms with Gasteiger partial charge in [-0.15, -0.1) is 0 Å². The fraction of sp³-hybridized carbons (Fsp3) is 0.647. The number of ether oxygens (including phenoxy) is 1. The summed E-state index contributed by atoms with van der Waals surface area (Å²) >= 11 is -1.84. The molecular formula is C17H26OSn. The predicted octanol–water partition coefficient (Wildman–Crippen LogP) is 4.92. The van der Waals surface area contributed by atoms with E-state index in [4.69, 9.17) is 4.74 Å². The van der Waals surface area contributed by atoms with Gasteiger partial charge in [0.15, 0.2) is 0 Å². The van der Waals surface area contributed by atoms with Crippen molar-refractivity contribution in [1.29, 1.82) is 0 Å².